The summed E-state index contributed by atoms with van der Waals surface area (Å²) in [5.41, 5.74) is 0.0601. The van der Waals surface area contributed by atoms with E-state index in [4.69, 9.17) is 9.84 Å². The van der Waals surface area contributed by atoms with E-state index < -0.39 is 17.8 Å². The van der Waals surface area contributed by atoms with E-state index in [2.05, 4.69) is 5.32 Å². The smallest absolute Gasteiger partial charge is 0.411 e. The molecule has 0 atom stereocenters. The quantitative estimate of drug-likeness (QED) is 0.689. The molecule has 0 bridgehead atoms. The van der Waals surface area contributed by atoms with Crippen LogP contribution in [0.5, 0.6) is 5.75 Å². The maximum absolute atomic E-state index is 11.4. The maximum atomic E-state index is 11.4. The van der Waals surface area contributed by atoms with Gasteiger partial charge < -0.3 is 14.9 Å². The normalized spacial score (nSPS) is 9.95. The predicted molar refractivity (Wildman–Crippen MR) is 69.6 cm³/mol. The van der Waals surface area contributed by atoms with Crippen LogP contribution in [0.3, 0.4) is 0 Å². The van der Waals surface area contributed by atoms with E-state index in [1.165, 1.54) is 12.1 Å². The standard InChI is InChI=1S/C13H17NO5/c1-2-3-4-7-19-13(18)14-9-5-6-10(12(16)17)11(15)8-9/h5-6,8,15H,2-4,7H2,1H3,(H,14,18)(H,16,17). The Morgan fingerprint density at radius 2 is 2.05 bits per heavy atom. The molecule has 0 heterocycles. The SMILES string of the molecule is CCCCCOC(=O)Nc1ccc(C(=O)O)c(O)c1. The van der Waals surface area contributed by atoms with Crippen molar-refractivity contribution in [3.05, 3.63) is 23.8 Å². The highest BCUT2D eigenvalue weighted by Gasteiger charge is 2.11. The molecule has 0 aliphatic rings. The van der Waals surface area contributed by atoms with Gasteiger partial charge in [0, 0.05) is 11.8 Å². The number of anilines is 1. The third-order valence-electron chi connectivity index (χ3n) is 2.46. The Hall–Kier alpha value is -2.24. The van der Waals surface area contributed by atoms with Crippen molar-refractivity contribution in [3.8, 4) is 5.75 Å². The fourth-order valence-electron chi connectivity index (χ4n) is 1.46. The van der Waals surface area contributed by atoms with Crippen LogP contribution in [0.15, 0.2) is 18.2 Å². The van der Waals surface area contributed by atoms with Crippen LogP contribution in [0, 0.1) is 0 Å². The second kappa shape index (κ2) is 7.25. The molecule has 0 aliphatic carbocycles. The van der Waals surface area contributed by atoms with Gasteiger partial charge in [-0.05, 0) is 18.6 Å². The summed E-state index contributed by atoms with van der Waals surface area (Å²) in [6.45, 7) is 2.38. The first kappa shape index (κ1) is 14.8. The van der Waals surface area contributed by atoms with Gasteiger partial charge in [0.25, 0.3) is 0 Å². The highest BCUT2D eigenvalue weighted by Crippen LogP contribution is 2.21. The van der Waals surface area contributed by atoms with Gasteiger partial charge in [0.1, 0.15) is 11.3 Å². The molecule has 1 aromatic carbocycles. The summed E-state index contributed by atoms with van der Waals surface area (Å²) < 4.78 is 4.92. The number of carboxylic acids is 1. The first-order valence-electron chi connectivity index (χ1n) is 6.04. The van der Waals surface area contributed by atoms with Crippen molar-refractivity contribution >= 4 is 17.7 Å². The van der Waals surface area contributed by atoms with E-state index in [-0.39, 0.29) is 11.3 Å². The Kier molecular flexibility index (Phi) is 5.66. The number of carbonyl (C=O) groups excluding carboxylic acids is 1. The zero-order valence-corrected chi connectivity index (χ0v) is 10.7. The Balaban J connectivity index is 2.51. The lowest BCUT2D eigenvalue weighted by Crippen LogP contribution is -2.14. The number of carboxylic acid groups (broad SMARTS) is 1. The van der Waals surface area contributed by atoms with Crippen molar-refractivity contribution in [1.82, 2.24) is 0 Å². The number of benzene rings is 1. The number of unbranched alkanes of at least 4 members (excludes halogenated alkanes) is 2. The number of hydrogen-bond acceptors (Lipinski definition) is 4. The van der Waals surface area contributed by atoms with Crippen LogP contribution in [0.2, 0.25) is 0 Å². The van der Waals surface area contributed by atoms with Crippen LogP contribution in [0.1, 0.15) is 36.5 Å². The van der Waals surface area contributed by atoms with Gasteiger partial charge in [0.2, 0.25) is 0 Å². The molecule has 0 unspecified atom stereocenters. The molecule has 0 radical (unpaired) electrons. The van der Waals surface area contributed by atoms with Crippen LogP contribution in [0.25, 0.3) is 0 Å². The summed E-state index contributed by atoms with van der Waals surface area (Å²) in [7, 11) is 0. The van der Waals surface area contributed by atoms with E-state index in [0.717, 1.165) is 25.3 Å². The number of phenols is 1. The molecule has 1 rings (SSSR count). The summed E-state index contributed by atoms with van der Waals surface area (Å²) in [4.78, 5) is 22.1. The highest BCUT2D eigenvalue weighted by molar-refractivity contribution is 5.92. The van der Waals surface area contributed by atoms with Gasteiger partial charge in [-0.1, -0.05) is 19.8 Å². The van der Waals surface area contributed by atoms with E-state index in [0.29, 0.717) is 6.61 Å². The molecule has 0 aromatic heterocycles. The third kappa shape index (κ3) is 4.87. The molecule has 1 amide bonds. The van der Waals surface area contributed by atoms with E-state index in [9.17, 15) is 14.7 Å². The van der Waals surface area contributed by atoms with Crippen molar-refractivity contribution in [3.63, 3.8) is 0 Å². The van der Waals surface area contributed by atoms with Crippen LogP contribution in [0.4, 0.5) is 10.5 Å². The molecule has 0 spiro atoms. The Bertz CT molecular complexity index is 458. The Labute approximate surface area is 111 Å². The van der Waals surface area contributed by atoms with Crippen LogP contribution in [-0.2, 0) is 4.74 Å². The van der Waals surface area contributed by atoms with Crippen molar-refractivity contribution < 1.29 is 24.5 Å². The van der Waals surface area contributed by atoms with Gasteiger partial charge in [-0.2, -0.15) is 0 Å². The number of aromatic hydroxyl groups is 1. The lowest BCUT2D eigenvalue weighted by molar-refractivity contribution is 0.0693. The minimum absolute atomic E-state index is 0.220. The number of nitrogens with one attached hydrogen (secondary N) is 1. The number of rotatable bonds is 6. The van der Waals surface area contributed by atoms with Gasteiger partial charge in [-0.15, -0.1) is 0 Å². The van der Waals surface area contributed by atoms with Crippen molar-refractivity contribution in [1.29, 1.82) is 0 Å². The molecule has 104 valence electrons. The lowest BCUT2D eigenvalue weighted by atomic mass is 10.2. The molecule has 3 N–H and O–H groups in total. The van der Waals surface area contributed by atoms with Crippen molar-refractivity contribution in [2.45, 2.75) is 26.2 Å². The number of carbonyl (C=O) groups is 2. The average molecular weight is 267 g/mol. The summed E-state index contributed by atoms with van der Waals surface area (Å²) in [5.74, 6) is -1.64. The largest absolute Gasteiger partial charge is 0.507 e. The first-order valence-corrected chi connectivity index (χ1v) is 6.04. The Morgan fingerprint density at radius 3 is 2.63 bits per heavy atom. The zero-order valence-electron chi connectivity index (χ0n) is 10.7. The van der Waals surface area contributed by atoms with Crippen LogP contribution in [-0.4, -0.2) is 28.9 Å². The molecule has 0 aliphatic heterocycles. The second-order valence-electron chi connectivity index (χ2n) is 4.01. The highest BCUT2D eigenvalue weighted by atomic mass is 16.5. The monoisotopic (exact) mass is 267 g/mol. The van der Waals surface area contributed by atoms with Gasteiger partial charge in [-0.25, -0.2) is 9.59 Å². The predicted octanol–water partition coefficient (Wildman–Crippen LogP) is 2.83. The summed E-state index contributed by atoms with van der Waals surface area (Å²) in [6, 6.07) is 3.76. The molecule has 0 saturated heterocycles. The fourth-order valence-corrected chi connectivity index (χ4v) is 1.46. The third-order valence-corrected chi connectivity index (χ3v) is 2.46. The van der Waals surface area contributed by atoms with Crippen LogP contribution < -0.4 is 5.32 Å². The molecule has 19 heavy (non-hydrogen) atoms. The minimum atomic E-state index is -1.23. The first-order chi connectivity index (χ1) is 9.04. The van der Waals surface area contributed by atoms with Gasteiger partial charge in [0.05, 0.1) is 6.61 Å². The van der Waals surface area contributed by atoms with Gasteiger partial charge in [-0.3, -0.25) is 5.32 Å². The van der Waals surface area contributed by atoms with Gasteiger partial charge in [0.15, 0.2) is 0 Å². The van der Waals surface area contributed by atoms with Crippen molar-refractivity contribution in [2.24, 2.45) is 0 Å². The van der Waals surface area contributed by atoms with E-state index >= 15 is 0 Å². The molecule has 6 heteroatoms. The number of aromatic carboxylic acids is 1. The number of amides is 1. The summed E-state index contributed by atoms with van der Waals surface area (Å²) >= 11 is 0. The van der Waals surface area contributed by atoms with E-state index in [1.807, 2.05) is 6.92 Å². The molecule has 0 fully saturated rings. The molecular formula is C13H17NO5. The maximum Gasteiger partial charge on any atom is 0.411 e. The second-order valence-corrected chi connectivity index (χ2v) is 4.01. The lowest BCUT2D eigenvalue weighted by Gasteiger charge is -2.08. The molecule has 0 saturated carbocycles. The number of hydrogen-bond donors (Lipinski definition) is 3. The molecule has 1 aromatic rings. The minimum Gasteiger partial charge on any atom is -0.507 e. The van der Waals surface area contributed by atoms with Crippen molar-refractivity contribution in [2.75, 3.05) is 11.9 Å². The van der Waals surface area contributed by atoms with Crippen LogP contribution >= 0.6 is 0 Å². The zero-order chi connectivity index (χ0) is 14.3. The topological polar surface area (TPSA) is 95.9 Å². The molecule has 6 nitrogen and oxygen atoms in total. The summed E-state index contributed by atoms with van der Waals surface area (Å²) in [5, 5.41) is 20.6. The Morgan fingerprint density at radius 1 is 1.32 bits per heavy atom. The molecular weight excluding hydrogens is 250 g/mol. The number of ether oxygens (including phenoxy) is 1. The van der Waals surface area contributed by atoms with Gasteiger partial charge >= 0.3 is 12.1 Å². The van der Waals surface area contributed by atoms with E-state index in [1.54, 1.807) is 0 Å². The average Bonchev–Trinajstić information content (AvgIpc) is 2.34. The fraction of sp³-hybridized carbons (Fsp3) is 0.385. The summed E-state index contributed by atoms with van der Waals surface area (Å²) in [6.07, 6.45) is 2.20.